The fraction of sp³-hybridized carbons (Fsp3) is 0. The molecule has 9 rings (SSSR count). The molecule has 6 aromatic carbocycles. The maximum Gasteiger partial charge on any atom is 0.136 e. The number of benzene rings is 6. The molecule has 202 valence electrons. The average molecular weight is 553 g/mol. The van der Waals surface area contributed by atoms with E-state index in [1.807, 2.05) is 12.1 Å². The minimum atomic E-state index is 0.830. The lowest BCUT2D eigenvalue weighted by molar-refractivity contribution is 0.631. The highest BCUT2D eigenvalue weighted by Crippen LogP contribution is 2.39. The van der Waals surface area contributed by atoms with Crippen LogP contribution in [-0.4, -0.2) is 0 Å². The Balaban J connectivity index is 1.07. The van der Waals surface area contributed by atoms with Crippen molar-refractivity contribution in [1.82, 2.24) is 0 Å². The molecule has 3 nitrogen and oxygen atoms in total. The lowest BCUT2D eigenvalue weighted by Crippen LogP contribution is -1.78. The average Bonchev–Trinajstić information content (AvgIpc) is 3.78. The van der Waals surface area contributed by atoms with Crippen LogP contribution in [0.15, 0.2) is 159 Å². The molecule has 0 aliphatic heterocycles. The third kappa shape index (κ3) is 4.05. The molecule has 0 aliphatic carbocycles. The first-order chi connectivity index (χ1) is 21.2. The molecular formula is C40H24O3. The topological polar surface area (TPSA) is 39.4 Å². The number of hydrogen-bond acceptors (Lipinski definition) is 3. The standard InChI is InChI=1S/C40H24O3/c1-3-7-25(8-4-1)27-11-15-29(16-12-27)35-19-31-21-39-33(23-37(31)41-35)34-24-38-32(22-40(34)43-39)20-36(42-38)30-17-13-28(14-18-30)26-9-5-2-6-10-26/h1-24H. The highest BCUT2D eigenvalue weighted by Gasteiger charge is 2.16. The van der Waals surface area contributed by atoms with E-state index in [0.717, 1.165) is 66.5 Å². The minimum absolute atomic E-state index is 0.830. The molecule has 0 bridgehead atoms. The molecule has 0 aliphatic rings. The molecule has 0 saturated carbocycles. The Labute approximate surface area is 247 Å². The van der Waals surface area contributed by atoms with Crippen molar-refractivity contribution in [3.05, 3.63) is 146 Å². The highest BCUT2D eigenvalue weighted by molar-refractivity contribution is 6.12. The van der Waals surface area contributed by atoms with E-state index in [-0.39, 0.29) is 0 Å². The Kier molecular flexibility index (Phi) is 5.20. The molecule has 0 amide bonds. The maximum atomic E-state index is 6.35. The van der Waals surface area contributed by atoms with E-state index in [9.17, 15) is 0 Å². The number of fused-ring (bicyclic) bond motifs is 5. The second kappa shape index (κ2) is 9.37. The van der Waals surface area contributed by atoms with Gasteiger partial charge in [-0.1, -0.05) is 109 Å². The third-order valence-corrected chi connectivity index (χ3v) is 8.30. The quantitative estimate of drug-likeness (QED) is 0.218. The molecule has 3 aromatic heterocycles. The van der Waals surface area contributed by atoms with E-state index < -0.39 is 0 Å². The Morgan fingerprint density at radius 3 is 1.07 bits per heavy atom. The van der Waals surface area contributed by atoms with Crippen LogP contribution >= 0.6 is 0 Å². The number of rotatable bonds is 4. The second-order valence-electron chi connectivity index (χ2n) is 11.0. The molecule has 3 heterocycles. The van der Waals surface area contributed by atoms with Crippen molar-refractivity contribution in [2.45, 2.75) is 0 Å². The van der Waals surface area contributed by atoms with Crippen LogP contribution in [-0.2, 0) is 0 Å². The van der Waals surface area contributed by atoms with Crippen molar-refractivity contribution in [1.29, 1.82) is 0 Å². The first kappa shape index (κ1) is 23.9. The molecular weight excluding hydrogens is 528 g/mol. The van der Waals surface area contributed by atoms with Gasteiger partial charge in [0.05, 0.1) is 0 Å². The molecule has 0 radical (unpaired) electrons. The SMILES string of the molecule is c1ccc(-c2ccc(-c3cc4cc5oc6cc7cc(-c8ccc(-c9ccccc9)cc8)oc7cc6c5cc4o3)cc2)cc1. The monoisotopic (exact) mass is 552 g/mol. The van der Waals surface area contributed by atoms with Crippen molar-refractivity contribution in [2.75, 3.05) is 0 Å². The van der Waals surface area contributed by atoms with Crippen LogP contribution in [0.25, 0.3) is 88.8 Å². The third-order valence-electron chi connectivity index (χ3n) is 8.30. The fourth-order valence-electron chi connectivity index (χ4n) is 6.04. The maximum absolute atomic E-state index is 6.35. The number of hydrogen-bond donors (Lipinski definition) is 0. The summed E-state index contributed by atoms with van der Waals surface area (Å²) >= 11 is 0. The Hall–Kier alpha value is -5.80. The van der Waals surface area contributed by atoms with Crippen LogP contribution in [0.4, 0.5) is 0 Å². The van der Waals surface area contributed by atoms with Gasteiger partial charge in [0.15, 0.2) is 0 Å². The van der Waals surface area contributed by atoms with Gasteiger partial charge in [0, 0.05) is 32.7 Å². The van der Waals surface area contributed by atoms with E-state index >= 15 is 0 Å². The van der Waals surface area contributed by atoms with Crippen LogP contribution in [0.3, 0.4) is 0 Å². The summed E-state index contributed by atoms with van der Waals surface area (Å²) in [7, 11) is 0. The van der Waals surface area contributed by atoms with E-state index in [0.29, 0.717) is 0 Å². The molecule has 0 saturated heterocycles. The molecule has 0 N–H and O–H groups in total. The normalized spacial score (nSPS) is 11.7. The summed E-state index contributed by atoms with van der Waals surface area (Å²) in [6.07, 6.45) is 0. The van der Waals surface area contributed by atoms with Crippen molar-refractivity contribution in [3.63, 3.8) is 0 Å². The van der Waals surface area contributed by atoms with Gasteiger partial charge in [-0.05, 0) is 58.7 Å². The van der Waals surface area contributed by atoms with Gasteiger partial charge < -0.3 is 13.3 Å². The molecule has 9 aromatic rings. The van der Waals surface area contributed by atoms with E-state index in [4.69, 9.17) is 13.3 Å². The van der Waals surface area contributed by atoms with Crippen LogP contribution in [0.5, 0.6) is 0 Å². The van der Waals surface area contributed by atoms with Crippen molar-refractivity contribution in [2.24, 2.45) is 0 Å². The van der Waals surface area contributed by atoms with E-state index in [1.165, 1.54) is 22.3 Å². The summed E-state index contributed by atoms with van der Waals surface area (Å²) in [5, 5.41) is 4.04. The summed E-state index contributed by atoms with van der Waals surface area (Å²) in [5.41, 5.74) is 10.2. The van der Waals surface area contributed by atoms with Crippen molar-refractivity contribution < 1.29 is 13.3 Å². The van der Waals surface area contributed by atoms with Gasteiger partial charge in [-0.3, -0.25) is 0 Å². The Bertz CT molecular complexity index is 2230. The van der Waals surface area contributed by atoms with Gasteiger partial charge >= 0.3 is 0 Å². The molecule has 43 heavy (non-hydrogen) atoms. The van der Waals surface area contributed by atoms with Gasteiger partial charge in [-0.25, -0.2) is 0 Å². The molecule has 0 spiro atoms. The summed E-state index contributed by atoms with van der Waals surface area (Å²) in [5.74, 6) is 1.67. The van der Waals surface area contributed by atoms with Gasteiger partial charge in [-0.2, -0.15) is 0 Å². The van der Waals surface area contributed by atoms with Gasteiger partial charge in [0.25, 0.3) is 0 Å². The van der Waals surface area contributed by atoms with Crippen LogP contribution in [0.2, 0.25) is 0 Å². The first-order valence-corrected chi connectivity index (χ1v) is 14.4. The lowest BCUT2D eigenvalue weighted by Gasteiger charge is -2.02. The lowest BCUT2D eigenvalue weighted by atomic mass is 10.0. The smallest absolute Gasteiger partial charge is 0.136 e. The largest absolute Gasteiger partial charge is 0.456 e. The van der Waals surface area contributed by atoms with Gasteiger partial charge in [0.2, 0.25) is 0 Å². The molecule has 0 atom stereocenters. The minimum Gasteiger partial charge on any atom is -0.456 e. The Morgan fingerprint density at radius 1 is 0.279 bits per heavy atom. The zero-order valence-corrected chi connectivity index (χ0v) is 23.1. The van der Waals surface area contributed by atoms with E-state index in [2.05, 4.69) is 133 Å². The van der Waals surface area contributed by atoms with Crippen molar-refractivity contribution in [3.8, 4) is 44.9 Å². The summed E-state index contributed by atoms with van der Waals surface area (Å²) in [6.45, 7) is 0. The zero-order valence-electron chi connectivity index (χ0n) is 23.1. The molecule has 0 unspecified atom stereocenters. The summed E-state index contributed by atoms with van der Waals surface area (Å²) < 4.78 is 19.0. The Morgan fingerprint density at radius 2 is 0.651 bits per heavy atom. The first-order valence-electron chi connectivity index (χ1n) is 14.4. The molecule has 3 heteroatoms. The zero-order chi connectivity index (χ0) is 28.3. The summed E-state index contributed by atoms with van der Waals surface area (Å²) in [6, 6.07) is 50.2. The predicted molar refractivity (Wildman–Crippen MR) is 175 cm³/mol. The van der Waals surface area contributed by atoms with Crippen LogP contribution in [0.1, 0.15) is 0 Å². The van der Waals surface area contributed by atoms with E-state index in [1.54, 1.807) is 0 Å². The second-order valence-corrected chi connectivity index (χ2v) is 11.0. The van der Waals surface area contributed by atoms with Crippen LogP contribution < -0.4 is 0 Å². The summed E-state index contributed by atoms with van der Waals surface area (Å²) in [4.78, 5) is 0. The van der Waals surface area contributed by atoms with Crippen molar-refractivity contribution >= 4 is 43.9 Å². The fourth-order valence-corrected chi connectivity index (χ4v) is 6.04. The molecule has 0 fully saturated rings. The predicted octanol–water partition coefficient (Wildman–Crippen LogP) is 11.7. The number of furan rings is 3. The van der Waals surface area contributed by atoms with Gasteiger partial charge in [-0.15, -0.1) is 0 Å². The van der Waals surface area contributed by atoms with Gasteiger partial charge in [0.1, 0.15) is 33.9 Å². The highest BCUT2D eigenvalue weighted by atomic mass is 16.3. The van der Waals surface area contributed by atoms with Crippen LogP contribution in [0, 0.1) is 0 Å².